The van der Waals surface area contributed by atoms with Crippen molar-refractivity contribution in [3.05, 3.63) is 47.6 Å². The van der Waals surface area contributed by atoms with Crippen molar-refractivity contribution >= 4 is 11.9 Å². The van der Waals surface area contributed by atoms with Gasteiger partial charge in [0.05, 0.1) is 49.5 Å². The largest absolute Gasteiger partial charge is 0.465 e. The van der Waals surface area contributed by atoms with E-state index in [1.165, 1.54) is 36.8 Å². The highest BCUT2D eigenvalue weighted by atomic mass is 16.6. The predicted octanol–water partition coefficient (Wildman–Crippen LogP) is 2.30. The number of fused-ring (bicyclic) bond motifs is 2. The molecule has 0 aromatic carbocycles. The number of epoxide rings is 1. The molecule has 0 radical (unpaired) electrons. The molecule has 8 atom stereocenters. The second kappa shape index (κ2) is 11.1. The molecule has 9 nitrogen and oxygen atoms in total. The zero-order valence-corrected chi connectivity index (χ0v) is 22.6. The van der Waals surface area contributed by atoms with Crippen molar-refractivity contribution in [2.24, 2.45) is 10.8 Å². The lowest BCUT2D eigenvalue weighted by Gasteiger charge is -2.58. The molecular formula is C29H40O9. The standard InChI is InChI=1S/C29H40O9/c1-18-9-11-28(16-35-26(34)14-19(2)10-12-30)23(13-18)37-24-15-22(27(28,4)29(24)17-36-29)38-25(33)8-6-5-7-21(32)20(3)31/h5-8,10,13,20-24,30-32H,9,11-12,14-17H2,1-4H3/b7-5+,8-6-,19-10+/t20-,21-,22-,23-,24-,27-,28-,29+/m1/s1. The van der Waals surface area contributed by atoms with Gasteiger partial charge < -0.3 is 34.3 Å². The fourth-order valence-electron chi connectivity index (χ4n) is 6.50. The molecule has 2 aliphatic heterocycles. The molecule has 0 aromatic rings. The number of hydrogen-bond donors (Lipinski definition) is 3. The van der Waals surface area contributed by atoms with Gasteiger partial charge in [0.15, 0.2) is 0 Å². The third kappa shape index (κ3) is 5.02. The van der Waals surface area contributed by atoms with Crippen LogP contribution < -0.4 is 0 Å². The molecule has 3 fully saturated rings. The molecule has 3 N–H and O–H groups in total. The van der Waals surface area contributed by atoms with Gasteiger partial charge in [-0.1, -0.05) is 48.5 Å². The number of aliphatic hydroxyl groups is 3. The average Bonchev–Trinajstić information content (AvgIpc) is 3.63. The molecule has 1 spiro atoms. The van der Waals surface area contributed by atoms with Crippen LogP contribution in [-0.4, -0.2) is 83.2 Å². The maximum absolute atomic E-state index is 12.8. The number of ether oxygens (including phenoxy) is 4. The molecule has 210 valence electrons. The van der Waals surface area contributed by atoms with Crippen molar-refractivity contribution in [1.82, 2.24) is 0 Å². The fraction of sp³-hybridized carbons (Fsp3) is 0.655. The topological polar surface area (TPSA) is 135 Å². The van der Waals surface area contributed by atoms with Crippen molar-refractivity contribution in [3.8, 4) is 0 Å². The van der Waals surface area contributed by atoms with Crippen LogP contribution in [0.15, 0.2) is 47.6 Å². The van der Waals surface area contributed by atoms with Gasteiger partial charge in [-0.3, -0.25) is 4.79 Å². The lowest BCUT2D eigenvalue weighted by atomic mass is 9.51. The van der Waals surface area contributed by atoms with Crippen LogP contribution in [0.25, 0.3) is 0 Å². The highest BCUT2D eigenvalue weighted by Gasteiger charge is 2.83. The molecular weight excluding hydrogens is 492 g/mol. The number of esters is 2. The SMILES string of the molecule is CC1=C[C@H]2O[C@@H]3C[C@@H](OC(=O)/C=C\C=C\[C@@H](O)[C@@H](C)O)[C@](C)([C@@]2(COC(=O)C/C(C)=C/CO)CC1)[C@]31CO1. The minimum absolute atomic E-state index is 0.0818. The van der Waals surface area contributed by atoms with E-state index in [1.54, 1.807) is 13.0 Å². The van der Waals surface area contributed by atoms with Gasteiger partial charge in [0, 0.05) is 17.9 Å². The van der Waals surface area contributed by atoms with Crippen LogP contribution in [0.3, 0.4) is 0 Å². The summed E-state index contributed by atoms with van der Waals surface area (Å²) in [6, 6.07) is 0. The van der Waals surface area contributed by atoms with Crippen LogP contribution in [0.2, 0.25) is 0 Å². The summed E-state index contributed by atoms with van der Waals surface area (Å²) in [7, 11) is 0. The number of hydrogen-bond acceptors (Lipinski definition) is 9. The molecule has 0 amide bonds. The van der Waals surface area contributed by atoms with Gasteiger partial charge in [0.1, 0.15) is 18.3 Å². The van der Waals surface area contributed by atoms with Gasteiger partial charge in [-0.05, 0) is 33.6 Å². The van der Waals surface area contributed by atoms with Gasteiger partial charge in [-0.25, -0.2) is 4.79 Å². The smallest absolute Gasteiger partial charge is 0.331 e. The second-order valence-electron chi connectivity index (χ2n) is 11.3. The monoisotopic (exact) mass is 532 g/mol. The Kier molecular flexibility index (Phi) is 8.35. The summed E-state index contributed by atoms with van der Waals surface area (Å²) in [5.74, 6) is -0.921. The molecule has 0 aromatic heterocycles. The van der Waals surface area contributed by atoms with Gasteiger partial charge in [0.25, 0.3) is 0 Å². The van der Waals surface area contributed by atoms with E-state index >= 15 is 0 Å². The van der Waals surface area contributed by atoms with E-state index in [2.05, 4.69) is 19.9 Å². The van der Waals surface area contributed by atoms with Gasteiger partial charge in [-0.2, -0.15) is 0 Å². The Balaban J connectivity index is 1.57. The molecule has 38 heavy (non-hydrogen) atoms. The lowest BCUT2D eigenvalue weighted by Crippen LogP contribution is -2.66. The zero-order valence-electron chi connectivity index (χ0n) is 22.6. The quantitative estimate of drug-likeness (QED) is 0.127. The molecule has 4 aliphatic rings. The summed E-state index contributed by atoms with van der Waals surface area (Å²) < 4.78 is 24.6. The number of aliphatic hydroxyl groups excluding tert-OH is 3. The van der Waals surface area contributed by atoms with Crippen LogP contribution in [0.1, 0.15) is 53.4 Å². The van der Waals surface area contributed by atoms with Crippen molar-refractivity contribution in [1.29, 1.82) is 0 Å². The van der Waals surface area contributed by atoms with Crippen LogP contribution in [-0.2, 0) is 28.5 Å². The zero-order chi connectivity index (χ0) is 27.7. The first-order valence-corrected chi connectivity index (χ1v) is 13.3. The van der Waals surface area contributed by atoms with E-state index in [4.69, 9.17) is 24.1 Å². The minimum atomic E-state index is -1.03. The maximum Gasteiger partial charge on any atom is 0.331 e. The highest BCUT2D eigenvalue weighted by Crippen LogP contribution is 2.72. The van der Waals surface area contributed by atoms with Crippen molar-refractivity contribution < 1.29 is 43.9 Å². The summed E-state index contributed by atoms with van der Waals surface area (Å²) in [5, 5.41) is 28.2. The average molecular weight is 533 g/mol. The normalized spacial score (nSPS) is 37.7. The van der Waals surface area contributed by atoms with E-state index in [1.807, 2.05) is 0 Å². The van der Waals surface area contributed by atoms with E-state index in [0.29, 0.717) is 19.4 Å². The fourth-order valence-corrected chi connectivity index (χ4v) is 6.50. The number of rotatable bonds is 10. The Morgan fingerprint density at radius 3 is 2.68 bits per heavy atom. The van der Waals surface area contributed by atoms with Crippen molar-refractivity contribution in [2.75, 3.05) is 19.8 Å². The van der Waals surface area contributed by atoms with E-state index < -0.39 is 40.7 Å². The van der Waals surface area contributed by atoms with Crippen LogP contribution in [0.4, 0.5) is 0 Å². The third-order valence-corrected chi connectivity index (χ3v) is 8.98. The van der Waals surface area contributed by atoms with Gasteiger partial charge in [0.2, 0.25) is 0 Å². The summed E-state index contributed by atoms with van der Waals surface area (Å²) in [4.78, 5) is 25.6. The van der Waals surface area contributed by atoms with E-state index in [9.17, 15) is 19.8 Å². The molecule has 1 saturated carbocycles. The number of allylic oxidation sites excluding steroid dienone is 3. The van der Waals surface area contributed by atoms with Crippen LogP contribution in [0.5, 0.6) is 0 Å². The Bertz CT molecular complexity index is 1040. The first kappa shape index (κ1) is 28.7. The molecule has 2 aliphatic carbocycles. The Morgan fingerprint density at radius 1 is 1.29 bits per heavy atom. The van der Waals surface area contributed by atoms with Crippen LogP contribution >= 0.6 is 0 Å². The lowest BCUT2D eigenvalue weighted by molar-refractivity contribution is -0.232. The maximum atomic E-state index is 12.8. The third-order valence-electron chi connectivity index (χ3n) is 8.98. The second-order valence-corrected chi connectivity index (χ2v) is 11.3. The summed E-state index contributed by atoms with van der Waals surface area (Å²) in [6.07, 6.45) is 8.33. The van der Waals surface area contributed by atoms with E-state index in [-0.39, 0.29) is 37.8 Å². The predicted molar refractivity (Wildman–Crippen MR) is 138 cm³/mol. The van der Waals surface area contributed by atoms with Crippen LogP contribution in [0, 0.1) is 10.8 Å². The van der Waals surface area contributed by atoms with E-state index in [0.717, 1.165) is 12.0 Å². The summed E-state index contributed by atoms with van der Waals surface area (Å²) >= 11 is 0. The molecule has 9 heteroatoms. The van der Waals surface area contributed by atoms with Crippen molar-refractivity contribution in [3.63, 3.8) is 0 Å². The van der Waals surface area contributed by atoms with Gasteiger partial charge in [-0.15, -0.1) is 0 Å². The molecule has 2 saturated heterocycles. The minimum Gasteiger partial charge on any atom is -0.465 e. The molecule has 0 unspecified atom stereocenters. The summed E-state index contributed by atoms with van der Waals surface area (Å²) in [5.41, 5.74) is 0.00192. The number of carbonyl (C=O) groups excluding carboxylic acids is 2. The Morgan fingerprint density at radius 2 is 2.03 bits per heavy atom. The molecule has 2 heterocycles. The first-order chi connectivity index (χ1) is 18.0. The van der Waals surface area contributed by atoms with Crippen molar-refractivity contribution in [2.45, 2.75) is 89.5 Å². The molecule has 4 rings (SSSR count). The first-order valence-electron chi connectivity index (χ1n) is 13.3. The van der Waals surface area contributed by atoms with Gasteiger partial charge >= 0.3 is 11.9 Å². The molecule has 2 bridgehead atoms. The summed E-state index contributed by atoms with van der Waals surface area (Å²) in [6.45, 7) is 7.84. The Hall–Kier alpha value is -2.30. The number of carbonyl (C=O) groups is 2. The highest BCUT2D eigenvalue weighted by molar-refractivity contribution is 5.82. The Labute approximate surface area is 223 Å².